The Morgan fingerprint density at radius 3 is 2.41 bits per heavy atom. The first kappa shape index (κ1) is 22.3. The van der Waals surface area contributed by atoms with Gasteiger partial charge in [0, 0.05) is 37.0 Å². The van der Waals surface area contributed by atoms with E-state index < -0.39 is 0 Å². The molecule has 1 aliphatic rings. The van der Waals surface area contributed by atoms with Crippen LogP contribution in [0, 0.1) is 27.7 Å². The van der Waals surface area contributed by atoms with Gasteiger partial charge in [0.05, 0.1) is 5.69 Å². The van der Waals surface area contributed by atoms with Crippen LogP contribution in [0.1, 0.15) is 62.9 Å². The van der Waals surface area contributed by atoms with Crippen LogP contribution in [-0.2, 0) is 11.3 Å². The molecule has 5 nitrogen and oxygen atoms in total. The fraction of sp³-hybridized carbons (Fsp3) is 0.407. The lowest BCUT2D eigenvalue weighted by Gasteiger charge is -2.33. The number of nitrogens with zero attached hydrogens (tertiary/aromatic N) is 2. The second kappa shape index (κ2) is 9.29. The molecule has 1 N–H and O–H groups in total. The Morgan fingerprint density at radius 1 is 1.06 bits per heavy atom. The molecule has 0 atom stereocenters. The number of carbonyl (C=O) groups is 1. The van der Waals surface area contributed by atoms with E-state index in [-0.39, 0.29) is 5.91 Å². The summed E-state index contributed by atoms with van der Waals surface area (Å²) in [4.78, 5) is 23.5. The smallest absolute Gasteiger partial charge is 0.254 e. The number of piperidine rings is 1. The largest absolute Gasteiger partial charge is 0.377 e. The summed E-state index contributed by atoms with van der Waals surface area (Å²) in [5, 5.41) is 0. The van der Waals surface area contributed by atoms with Crippen molar-refractivity contribution in [3.8, 4) is 11.3 Å². The second-order valence-electron chi connectivity index (χ2n) is 9.05. The average Bonchev–Trinajstić information content (AvgIpc) is 3.14. The molecule has 2 heterocycles. The molecule has 168 valence electrons. The number of H-pyrrole nitrogens is 1. The molecule has 2 aromatic carbocycles. The van der Waals surface area contributed by atoms with Gasteiger partial charge in [0.1, 0.15) is 12.4 Å². The van der Waals surface area contributed by atoms with Crippen LogP contribution in [0.3, 0.4) is 0 Å². The van der Waals surface area contributed by atoms with Gasteiger partial charge in [-0.05, 0) is 69.2 Å². The third kappa shape index (κ3) is 4.49. The highest BCUT2D eigenvalue weighted by atomic mass is 16.5. The summed E-state index contributed by atoms with van der Waals surface area (Å²) >= 11 is 0. The molecule has 1 fully saturated rings. The number of rotatable bonds is 5. The maximum atomic E-state index is 13.5. The Hall–Kier alpha value is -2.92. The van der Waals surface area contributed by atoms with Gasteiger partial charge in [-0.3, -0.25) is 4.79 Å². The summed E-state index contributed by atoms with van der Waals surface area (Å²) in [7, 11) is 1.66. The van der Waals surface area contributed by atoms with Gasteiger partial charge in [-0.15, -0.1) is 0 Å². The van der Waals surface area contributed by atoms with Gasteiger partial charge in [0.15, 0.2) is 0 Å². The van der Waals surface area contributed by atoms with Gasteiger partial charge in [-0.25, -0.2) is 4.98 Å². The summed E-state index contributed by atoms with van der Waals surface area (Å²) in [5.41, 5.74) is 8.46. The Morgan fingerprint density at radius 2 is 1.75 bits per heavy atom. The van der Waals surface area contributed by atoms with E-state index in [0.29, 0.717) is 12.5 Å². The molecular weight excluding hydrogens is 398 g/mol. The zero-order valence-corrected chi connectivity index (χ0v) is 19.8. The molecular formula is C27H33N3O2. The minimum absolute atomic E-state index is 0.122. The third-order valence-corrected chi connectivity index (χ3v) is 6.60. The van der Waals surface area contributed by atoms with Crippen LogP contribution < -0.4 is 0 Å². The first-order chi connectivity index (χ1) is 15.4. The van der Waals surface area contributed by atoms with E-state index in [1.807, 2.05) is 24.8 Å². The molecule has 1 saturated heterocycles. The number of nitrogens with one attached hydrogen (secondary N) is 1. The first-order valence-corrected chi connectivity index (χ1v) is 11.4. The van der Waals surface area contributed by atoms with Crippen LogP contribution in [0.4, 0.5) is 0 Å². The van der Waals surface area contributed by atoms with Crippen molar-refractivity contribution in [2.24, 2.45) is 0 Å². The van der Waals surface area contributed by atoms with E-state index >= 15 is 0 Å². The van der Waals surface area contributed by atoms with E-state index in [4.69, 9.17) is 9.72 Å². The van der Waals surface area contributed by atoms with Crippen molar-refractivity contribution in [3.05, 3.63) is 75.7 Å². The summed E-state index contributed by atoms with van der Waals surface area (Å²) in [6.07, 6.45) is 2.01. The highest BCUT2D eigenvalue weighted by Crippen LogP contribution is 2.31. The van der Waals surface area contributed by atoms with E-state index in [9.17, 15) is 4.79 Å². The number of hydrogen-bond acceptors (Lipinski definition) is 3. The summed E-state index contributed by atoms with van der Waals surface area (Å²) in [5.74, 6) is 1.45. The number of carbonyl (C=O) groups excluding carboxylic acids is 1. The number of likely N-dealkylation sites (tertiary alicyclic amines) is 1. The Labute approximate surface area is 190 Å². The zero-order chi connectivity index (χ0) is 22.8. The zero-order valence-electron chi connectivity index (χ0n) is 19.8. The normalized spacial score (nSPS) is 14.7. The van der Waals surface area contributed by atoms with Gasteiger partial charge in [-0.2, -0.15) is 0 Å². The van der Waals surface area contributed by atoms with E-state index in [2.05, 4.69) is 49.2 Å². The molecule has 0 saturated carbocycles. The molecule has 4 rings (SSSR count). The first-order valence-electron chi connectivity index (χ1n) is 11.4. The number of benzene rings is 2. The van der Waals surface area contributed by atoms with Crippen molar-refractivity contribution in [1.82, 2.24) is 14.9 Å². The van der Waals surface area contributed by atoms with Crippen LogP contribution in [-0.4, -0.2) is 41.0 Å². The van der Waals surface area contributed by atoms with Crippen LogP contribution in [0.5, 0.6) is 0 Å². The quantitative estimate of drug-likeness (QED) is 0.582. The molecule has 1 aliphatic heterocycles. The standard InChI is InChI=1S/C27H33N3O2/c1-17-6-8-21(9-7-17)22-10-12-30(13-11-22)27(31)24-15-23(18(2)14-19(24)3)26-20(4)28-25(29-26)16-32-5/h6-9,14-15,22H,10-13,16H2,1-5H3,(H,28,29). The van der Waals surface area contributed by atoms with E-state index in [1.165, 1.54) is 11.1 Å². The fourth-order valence-corrected chi connectivity index (χ4v) is 4.75. The monoisotopic (exact) mass is 431 g/mol. The van der Waals surface area contributed by atoms with Crippen molar-refractivity contribution < 1.29 is 9.53 Å². The summed E-state index contributed by atoms with van der Waals surface area (Å²) in [6.45, 7) is 10.3. The predicted molar refractivity (Wildman–Crippen MR) is 128 cm³/mol. The summed E-state index contributed by atoms with van der Waals surface area (Å²) in [6, 6.07) is 13.0. The van der Waals surface area contributed by atoms with Gasteiger partial charge in [0.2, 0.25) is 0 Å². The number of aromatic amines is 1. The van der Waals surface area contributed by atoms with Crippen LogP contribution in [0.2, 0.25) is 0 Å². The van der Waals surface area contributed by atoms with Gasteiger partial charge >= 0.3 is 0 Å². The number of hydrogen-bond donors (Lipinski definition) is 1. The SMILES string of the molecule is COCc1nc(-c2cc(C(=O)N3CCC(c4ccc(C)cc4)CC3)c(C)cc2C)c(C)[nH]1. The number of ether oxygens (including phenoxy) is 1. The molecule has 1 aromatic heterocycles. The van der Waals surface area contributed by atoms with Crippen molar-refractivity contribution >= 4 is 5.91 Å². The van der Waals surface area contributed by atoms with Gasteiger partial charge < -0.3 is 14.6 Å². The maximum Gasteiger partial charge on any atom is 0.254 e. The molecule has 0 radical (unpaired) electrons. The molecule has 32 heavy (non-hydrogen) atoms. The lowest BCUT2D eigenvalue weighted by molar-refractivity contribution is 0.0712. The number of amides is 1. The van der Waals surface area contributed by atoms with E-state index in [1.54, 1.807) is 7.11 Å². The highest BCUT2D eigenvalue weighted by molar-refractivity contribution is 5.97. The van der Waals surface area contributed by atoms with Crippen LogP contribution in [0.25, 0.3) is 11.3 Å². The molecule has 3 aromatic rings. The molecule has 0 spiro atoms. The fourth-order valence-electron chi connectivity index (χ4n) is 4.75. The van der Waals surface area contributed by atoms with Gasteiger partial charge in [-0.1, -0.05) is 35.9 Å². The molecule has 0 aliphatic carbocycles. The van der Waals surface area contributed by atoms with Crippen LogP contribution >= 0.6 is 0 Å². The number of imidazole rings is 1. The lowest BCUT2D eigenvalue weighted by Crippen LogP contribution is -2.38. The van der Waals surface area contributed by atoms with Crippen molar-refractivity contribution in [3.63, 3.8) is 0 Å². The average molecular weight is 432 g/mol. The lowest BCUT2D eigenvalue weighted by atomic mass is 9.88. The molecule has 0 bridgehead atoms. The highest BCUT2D eigenvalue weighted by Gasteiger charge is 2.26. The molecule has 0 unspecified atom stereocenters. The molecule has 1 amide bonds. The minimum atomic E-state index is 0.122. The second-order valence-corrected chi connectivity index (χ2v) is 9.05. The maximum absolute atomic E-state index is 13.5. The van der Waals surface area contributed by atoms with Crippen molar-refractivity contribution in [2.45, 2.75) is 53.1 Å². The molecule has 5 heteroatoms. The van der Waals surface area contributed by atoms with Crippen molar-refractivity contribution in [2.75, 3.05) is 20.2 Å². The number of aryl methyl sites for hydroxylation is 4. The van der Waals surface area contributed by atoms with E-state index in [0.717, 1.165) is 65.4 Å². The van der Waals surface area contributed by atoms with Gasteiger partial charge in [0.25, 0.3) is 5.91 Å². The predicted octanol–water partition coefficient (Wildman–Crippen LogP) is 5.48. The number of methoxy groups -OCH3 is 1. The topological polar surface area (TPSA) is 58.2 Å². The third-order valence-electron chi connectivity index (χ3n) is 6.60. The van der Waals surface area contributed by atoms with Crippen molar-refractivity contribution in [1.29, 1.82) is 0 Å². The van der Waals surface area contributed by atoms with Crippen LogP contribution in [0.15, 0.2) is 36.4 Å². The number of aromatic nitrogens is 2. The minimum Gasteiger partial charge on any atom is -0.377 e. The Balaban J connectivity index is 1.54. The Bertz CT molecular complexity index is 1110. The Kier molecular flexibility index (Phi) is 6.47. The summed E-state index contributed by atoms with van der Waals surface area (Å²) < 4.78 is 5.21.